The quantitative estimate of drug-likeness (QED) is 0.725. The molecule has 0 spiro atoms. The molecule has 146 valence electrons. The summed E-state index contributed by atoms with van der Waals surface area (Å²) in [7, 11) is 0. The first-order valence-corrected chi connectivity index (χ1v) is 9.39. The van der Waals surface area contributed by atoms with E-state index in [9.17, 15) is 14.7 Å². The van der Waals surface area contributed by atoms with E-state index in [1.165, 1.54) is 0 Å². The maximum Gasteiger partial charge on any atom is 0.329 e. The van der Waals surface area contributed by atoms with Gasteiger partial charge in [0, 0.05) is 25.1 Å². The molecule has 0 radical (unpaired) electrons. The Kier molecular flexibility index (Phi) is 4.99. The van der Waals surface area contributed by atoms with Crippen molar-refractivity contribution in [2.75, 3.05) is 0 Å². The molecule has 6 heteroatoms. The van der Waals surface area contributed by atoms with E-state index in [1.807, 2.05) is 55.5 Å². The van der Waals surface area contributed by atoms with Gasteiger partial charge in [0.15, 0.2) is 6.04 Å². The van der Waals surface area contributed by atoms with Crippen LogP contribution in [-0.2, 0) is 11.3 Å². The molecule has 2 aromatic heterocycles. The average Bonchev–Trinajstić information content (AvgIpc) is 3.21. The van der Waals surface area contributed by atoms with Gasteiger partial charge in [-0.2, -0.15) is 0 Å². The second-order valence-corrected chi connectivity index (χ2v) is 7.12. The number of hydrogen-bond acceptors (Lipinski definition) is 3. The van der Waals surface area contributed by atoms with Gasteiger partial charge < -0.3 is 14.6 Å². The molecule has 0 saturated carbocycles. The fourth-order valence-electron chi connectivity index (χ4n) is 3.92. The molecule has 3 heterocycles. The molecule has 1 aliphatic heterocycles. The fraction of sp³-hybridized carbons (Fsp3) is 0.174. The molecule has 2 atom stereocenters. The van der Waals surface area contributed by atoms with Crippen molar-refractivity contribution in [3.63, 3.8) is 0 Å². The van der Waals surface area contributed by atoms with Crippen molar-refractivity contribution in [3.05, 3.63) is 95.6 Å². The Morgan fingerprint density at radius 1 is 1.10 bits per heavy atom. The van der Waals surface area contributed by atoms with Gasteiger partial charge in [-0.1, -0.05) is 42.5 Å². The van der Waals surface area contributed by atoms with Gasteiger partial charge in [-0.3, -0.25) is 9.78 Å². The first-order valence-electron chi connectivity index (χ1n) is 9.39. The Hall–Kier alpha value is -3.67. The van der Waals surface area contributed by atoms with Crippen molar-refractivity contribution in [1.82, 2.24) is 14.5 Å². The predicted molar refractivity (Wildman–Crippen MR) is 109 cm³/mol. The van der Waals surface area contributed by atoms with Gasteiger partial charge in [-0.05, 0) is 41.8 Å². The van der Waals surface area contributed by atoms with Gasteiger partial charge in [-0.15, -0.1) is 0 Å². The van der Waals surface area contributed by atoms with Crippen molar-refractivity contribution in [3.8, 4) is 0 Å². The maximum absolute atomic E-state index is 13.3. The summed E-state index contributed by atoms with van der Waals surface area (Å²) in [4.78, 5) is 31.3. The Bertz CT molecular complexity index is 1060. The Balaban J connectivity index is 1.82. The molecule has 0 saturated heterocycles. The highest BCUT2D eigenvalue weighted by Crippen LogP contribution is 2.34. The second-order valence-electron chi connectivity index (χ2n) is 7.12. The summed E-state index contributed by atoms with van der Waals surface area (Å²) in [5.74, 6) is -1.17. The lowest BCUT2D eigenvalue weighted by molar-refractivity contribution is -0.142. The van der Waals surface area contributed by atoms with Crippen LogP contribution in [0.3, 0.4) is 0 Å². The Labute approximate surface area is 168 Å². The number of benzene rings is 1. The molecular formula is C23H21N3O3. The van der Waals surface area contributed by atoms with E-state index in [0.717, 1.165) is 16.7 Å². The number of aliphatic carboxylic acids is 1. The van der Waals surface area contributed by atoms with Gasteiger partial charge in [0.25, 0.3) is 5.91 Å². The Morgan fingerprint density at radius 3 is 2.59 bits per heavy atom. The van der Waals surface area contributed by atoms with Crippen LogP contribution in [-0.4, -0.2) is 37.5 Å². The molecule has 1 aliphatic rings. The monoisotopic (exact) mass is 387 g/mol. The summed E-state index contributed by atoms with van der Waals surface area (Å²) in [6.07, 6.45) is 6.98. The molecule has 1 amide bonds. The zero-order chi connectivity index (χ0) is 20.4. The lowest BCUT2D eigenvalue weighted by Crippen LogP contribution is -2.52. The van der Waals surface area contributed by atoms with Crippen molar-refractivity contribution >= 4 is 18.0 Å². The molecule has 0 unspecified atom stereocenters. The van der Waals surface area contributed by atoms with E-state index in [0.29, 0.717) is 5.69 Å². The van der Waals surface area contributed by atoms with E-state index in [1.54, 1.807) is 40.2 Å². The van der Waals surface area contributed by atoms with Gasteiger partial charge >= 0.3 is 5.97 Å². The summed E-state index contributed by atoms with van der Waals surface area (Å²) in [5, 5.41) is 10.1. The smallest absolute Gasteiger partial charge is 0.329 e. The fourth-order valence-corrected chi connectivity index (χ4v) is 3.92. The number of nitrogens with zero attached hydrogens (tertiary/aromatic N) is 3. The third kappa shape index (κ3) is 3.57. The van der Waals surface area contributed by atoms with Crippen LogP contribution in [0.4, 0.5) is 0 Å². The van der Waals surface area contributed by atoms with Crippen LogP contribution in [0.5, 0.6) is 0 Å². The Morgan fingerprint density at radius 2 is 1.90 bits per heavy atom. The third-order valence-electron chi connectivity index (χ3n) is 5.18. The zero-order valence-corrected chi connectivity index (χ0v) is 16.0. The van der Waals surface area contributed by atoms with Crippen LogP contribution in [0.1, 0.15) is 34.6 Å². The molecule has 4 rings (SSSR count). The van der Waals surface area contributed by atoms with Crippen LogP contribution in [0, 0.1) is 0 Å². The number of pyridine rings is 1. The van der Waals surface area contributed by atoms with Crippen molar-refractivity contribution in [1.29, 1.82) is 0 Å². The largest absolute Gasteiger partial charge is 0.480 e. The van der Waals surface area contributed by atoms with Gasteiger partial charge in [0.2, 0.25) is 0 Å². The number of rotatable bonds is 5. The molecular weight excluding hydrogens is 366 g/mol. The van der Waals surface area contributed by atoms with E-state index < -0.39 is 18.1 Å². The lowest BCUT2D eigenvalue weighted by atomic mass is 9.93. The number of amides is 1. The van der Waals surface area contributed by atoms with Crippen LogP contribution in [0.2, 0.25) is 0 Å². The molecule has 29 heavy (non-hydrogen) atoms. The van der Waals surface area contributed by atoms with Crippen molar-refractivity contribution in [2.45, 2.75) is 25.6 Å². The highest BCUT2D eigenvalue weighted by molar-refractivity contribution is 5.96. The molecule has 3 aromatic rings. The molecule has 1 aromatic carbocycles. The minimum absolute atomic E-state index is 0.192. The summed E-state index contributed by atoms with van der Waals surface area (Å²) in [5.41, 5.74) is 2.99. The number of fused-ring (bicyclic) bond motifs is 1. The van der Waals surface area contributed by atoms with Crippen LogP contribution in [0.25, 0.3) is 6.08 Å². The predicted octanol–water partition coefficient (Wildman–Crippen LogP) is 3.64. The number of hydrogen-bond donors (Lipinski definition) is 1. The van der Waals surface area contributed by atoms with Crippen molar-refractivity contribution < 1.29 is 14.7 Å². The van der Waals surface area contributed by atoms with Crippen LogP contribution in [0.15, 0.2) is 78.8 Å². The first-order chi connectivity index (χ1) is 14.1. The number of aromatic nitrogens is 2. The van der Waals surface area contributed by atoms with Gasteiger partial charge in [0.1, 0.15) is 5.69 Å². The highest BCUT2D eigenvalue weighted by Gasteiger charge is 2.43. The summed E-state index contributed by atoms with van der Waals surface area (Å²) in [6.45, 7) is 2.16. The lowest BCUT2D eigenvalue weighted by Gasteiger charge is -2.41. The number of carboxylic acid groups (broad SMARTS) is 1. The maximum atomic E-state index is 13.3. The number of carboxylic acids is 1. The normalized spacial score (nSPS) is 19.1. The average molecular weight is 387 g/mol. The standard InChI is InChI=1S/C23H21N3O3/c1-16(13-17-7-3-2-4-8-17)20-21(23(28)29)25-12-6-10-19(25)22(27)26(20)15-18-9-5-11-24-14-18/h2-14,20-21H,15H2,1H3,(H,28,29)/t20-,21+/m1/s1. The highest BCUT2D eigenvalue weighted by atomic mass is 16.4. The summed E-state index contributed by atoms with van der Waals surface area (Å²) in [6, 6.07) is 15.2. The second kappa shape index (κ2) is 7.75. The van der Waals surface area contributed by atoms with Gasteiger partial charge in [-0.25, -0.2) is 4.79 Å². The number of carbonyl (C=O) groups excluding carboxylic acids is 1. The van der Waals surface area contributed by atoms with E-state index >= 15 is 0 Å². The minimum atomic E-state index is -0.975. The number of carbonyl (C=O) groups is 2. The topological polar surface area (TPSA) is 75.4 Å². The van der Waals surface area contributed by atoms with E-state index in [2.05, 4.69) is 4.98 Å². The zero-order valence-electron chi connectivity index (χ0n) is 16.0. The summed E-state index contributed by atoms with van der Waals surface area (Å²) >= 11 is 0. The molecule has 0 aliphatic carbocycles. The van der Waals surface area contributed by atoms with Gasteiger partial charge in [0.05, 0.1) is 6.04 Å². The summed E-state index contributed by atoms with van der Waals surface area (Å²) < 4.78 is 1.57. The van der Waals surface area contributed by atoms with Crippen molar-refractivity contribution in [2.24, 2.45) is 0 Å². The molecule has 0 bridgehead atoms. The van der Waals surface area contributed by atoms with Crippen LogP contribution < -0.4 is 0 Å². The minimum Gasteiger partial charge on any atom is -0.480 e. The van der Waals surface area contributed by atoms with E-state index in [4.69, 9.17) is 0 Å². The molecule has 0 fully saturated rings. The molecule has 1 N–H and O–H groups in total. The van der Waals surface area contributed by atoms with E-state index in [-0.39, 0.29) is 12.5 Å². The van der Waals surface area contributed by atoms with Crippen LogP contribution >= 0.6 is 0 Å². The first kappa shape index (κ1) is 18.7. The third-order valence-corrected chi connectivity index (χ3v) is 5.18. The molecule has 6 nitrogen and oxygen atoms in total. The SMILES string of the molecule is CC(=Cc1ccccc1)[C@@H]1[C@@H](C(=O)O)n2cccc2C(=O)N1Cc1cccnc1.